The normalized spacial score (nSPS) is 11.9. The standard InChI is InChI=1S/C26H24N2O4/c1-15-13-20(17(3)27-22-12-8-7-11-19(22)26(30)28-31)25-21(14-15)23(29)16(2)24(32-25)18-9-5-4-6-10-18/h4-14,17,27,31H,1-3H3,(H,28,30)/t17-/m1/s1. The molecule has 0 saturated carbocycles. The van der Waals surface area contributed by atoms with Crippen LogP contribution in [0.4, 0.5) is 5.69 Å². The Balaban J connectivity index is 1.87. The Kier molecular flexibility index (Phi) is 5.79. The van der Waals surface area contributed by atoms with Crippen molar-refractivity contribution in [3.63, 3.8) is 0 Å². The van der Waals surface area contributed by atoms with Gasteiger partial charge in [0.2, 0.25) is 0 Å². The number of aryl methyl sites for hydroxylation is 1. The minimum atomic E-state index is -0.608. The summed E-state index contributed by atoms with van der Waals surface area (Å²) >= 11 is 0. The maximum atomic E-state index is 13.2. The number of hydrogen-bond acceptors (Lipinski definition) is 5. The molecule has 6 heteroatoms. The number of para-hydroxylation sites is 1. The number of anilines is 1. The second-order valence-electron chi connectivity index (χ2n) is 7.83. The van der Waals surface area contributed by atoms with Gasteiger partial charge in [0.15, 0.2) is 5.43 Å². The molecule has 6 nitrogen and oxygen atoms in total. The van der Waals surface area contributed by atoms with Gasteiger partial charge in [-0.25, -0.2) is 5.48 Å². The van der Waals surface area contributed by atoms with Crippen molar-refractivity contribution < 1.29 is 14.4 Å². The smallest absolute Gasteiger partial charge is 0.276 e. The second kappa shape index (κ2) is 8.69. The molecule has 1 aromatic heterocycles. The number of hydroxylamine groups is 1. The molecule has 0 saturated heterocycles. The van der Waals surface area contributed by atoms with E-state index in [1.807, 2.05) is 56.3 Å². The van der Waals surface area contributed by atoms with Gasteiger partial charge in [0.25, 0.3) is 5.91 Å². The number of benzene rings is 3. The fraction of sp³-hybridized carbons (Fsp3) is 0.154. The number of hydrogen-bond donors (Lipinski definition) is 3. The summed E-state index contributed by atoms with van der Waals surface area (Å²) in [5.41, 5.74) is 6.10. The van der Waals surface area contributed by atoms with E-state index in [2.05, 4.69) is 5.32 Å². The van der Waals surface area contributed by atoms with Crippen LogP contribution < -0.4 is 16.2 Å². The summed E-state index contributed by atoms with van der Waals surface area (Å²) in [5.74, 6) is -0.0663. The number of carbonyl (C=O) groups excluding carboxylic acids is 1. The van der Waals surface area contributed by atoms with Gasteiger partial charge in [-0.3, -0.25) is 14.8 Å². The average molecular weight is 428 g/mol. The number of nitrogens with one attached hydrogen (secondary N) is 2. The summed E-state index contributed by atoms with van der Waals surface area (Å²) in [7, 11) is 0. The third-order valence-corrected chi connectivity index (χ3v) is 5.54. The molecule has 4 rings (SSSR count). The van der Waals surface area contributed by atoms with E-state index in [0.29, 0.717) is 33.5 Å². The molecule has 1 heterocycles. The van der Waals surface area contributed by atoms with Gasteiger partial charge in [-0.2, -0.15) is 0 Å². The van der Waals surface area contributed by atoms with Crippen molar-refractivity contribution in [3.8, 4) is 11.3 Å². The van der Waals surface area contributed by atoms with Crippen molar-refractivity contribution in [2.45, 2.75) is 26.8 Å². The lowest BCUT2D eigenvalue weighted by Crippen LogP contribution is -2.21. The van der Waals surface area contributed by atoms with Crippen LogP contribution in [-0.4, -0.2) is 11.1 Å². The summed E-state index contributed by atoms with van der Waals surface area (Å²) in [6, 6.07) is 20.0. The Morgan fingerprint density at radius 2 is 1.69 bits per heavy atom. The first-order chi connectivity index (χ1) is 15.4. The first-order valence-electron chi connectivity index (χ1n) is 10.3. The van der Waals surface area contributed by atoms with Crippen LogP contribution in [0.3, 0.4) is 0 Å². The first kappa shape index (κ1) is 21.3. The topological polar surface area (TPSA) is 91.6 Å². The van der Waals surface area contributed by atoms with Crippen LogP contribution in [0.2, 0.25) is 0 Å². The monoisotopic (exact) mass is 428 g/mol. The van der Waals surface area contributed by atoms with Gasteiger partial charge < -0.3 is 9.73 Å². The highest BCUT2D eigenvalue weighted by atomic mass is 16.5. The Bertz CT molecular complexity index is 1360. The minimum absolute atomic E-state index is 0.0673. The van der Waals surface area contributed by atoms with Gasteiger partial charge in [-0.15, -0.1) is 0 Å². The van der Waals surface area contributed by atoms with Crippen molar-refractivity contribution in [3.05, 3.63) is 99.2 Å². The van der Waals surface area contributed by atoms with E-state index in [1.165, 1.54) is 0 Å². The van der Waals surface area contributed by atoms with E-state index < -0.39 is 5.91 Å². The Labute approximate surface area is 185 Å². The van der Waals surface area contributed by atoms with Crippen LogP contribution in [0.5, 0.6) is 0 Å². The lowest BCUT2D eigenvalue weighted by atomic mass is 9.98. The largest absolute Gasteiger partial charge is 0.455 e. The Hall–Kier alpha value is -3.90. The molecule has 4 aromatic rings. The van der Waals surface area contributed by atoms with Crippen LogP contribution in [0.25, 0.3) is 22.3 Å². The SMILES string of the molecule is Cc1cc([C@@H](C)Nc2ccccc2C(=O)NO)c2oc(-c3ccccc3)c(C)c(=O)c2c1. The molecule has 0 aliphatic rings. The fourth-order valence-corrected chi connectivity index (χ4v) is 3.93. The lowest BCUT2D eigenvalue weighted by molar-refractivity contribution is 0.0707. The van der Waals surface area contributed by atoms with Crippen molar-refractivity contribution in [2.75, 3.05) is 5.32 Å². The van der Waals surface area contributed by atoms with E-state index in [-0.39, 0.29) is 11.5 Å². The van der Waals surface area contributed by atoms with Crippen molar-refractivity contribution in [1.82, 2.24) is 5.48 Å². The molecule has 0 unspecified atom stereocenters. The molecule has 162 valence electrons. The van der Waals surface area contributed by atoms with Gasteiger partial charge >= 0.3 is 0 Å². The van der Waals surface area contributed by atoms with E-state index in [9.17, 15) is 9.59 Å². The Morgan fingerprint density at radius 1 is 1.00 bits per heavy atom. The van der Waals surface area contributed by atoms with Gasteiger partial charge in [0.1, 0.15) is 11.3 Å². The van der Waals surface area contributed by atoms with E-state index in [0.717, 1.165) is 16.7 Å². The summed E-state index contributed by atoms with van der Waals surface area (Å²) in [4.78, 5) is 25.3. The van der Waals surface area contributed by atoms with E-state index >= 15 is 0 Å². The van der Waals surface area contributed by atoms with Gasteiger partial charge in [-0.05, 0) is 44.5 Å². The molecule has 0 aliphatic heterocycles. The quantitative estimate of drug-likeness (QED) is 0.294. The second-order valence-corrected chi connectivity index (χ2v) is 7.83. The molecule has 0 bridgehead atoms. The zero-order chi connectivity index (χ0) is 22.8. The highest BCUT2D eigenvalue weighted by Gasteiger charge is 2.20. The molecule has 0 spiro atoms. The van der Waals surface area contributed by atoms with E-state index in [4.69, 9.17) is 9.62 Å². The van der Waals surface area contributed by atoms with Gasteiger partial charge in [0, 0.05) is 22.4 Å². The van der Waals surface area contributed by atoms with Gasteiger partial charge in [-0.1, -0.05) is 48.5 Å². The van der Waals surface area contributed by atoms with Gasteiger partial charge in [0.05, 0.1) is 17.0 Å². The number of rotatable bonds is 5. The lowest BCUT2D eigenvalue weighted by Gasteiger charge is -2.20. The number of fused-ring (bicyclic) bond motifs is 1. The molecule has 1 atom stereocenters. The van der Waals surface area contributed by atoms with Crippen molar-refractivity contribution in [2.24, 2.45) is 0 Å². The molecular formula is C26H24N2O4. The van der Waals surface area contributed by atoms with Crippen molar-refractivity contribution >= 4 is 22.6 Å². The van der Waals surface area contributed by atoms with Crippen molar-refractivity contribution in [1.29, 1.82) is 0 Å². The number of carbonyl (C=O) groups is 1. The summed E-state index contributed by atoms with van der Waals surface area (Å²) < 4.78 is 6.34. The van der Waals surface area contributed by atoms with Crippen LogP contribution in [-0.2, 0) is 0 Å². The van der Waals surface area contributed by atoms with Crippen LogP contribution in [0, 0.1) is 13.8 Å². The average Bonchev–Trinajstić information content (AvgIpc) is 2.81. The summed E-state index contributed by atoms with van der Waals surface area (Å²) in [5, 5.41) is 12.9. The highest BCUT2D eigenvalue weighted by molar-refractivity contribution is 5.99. The fourth-order valence-electron chi connectivity index (χ4n) is 3.93. The summed E-state index contributed by atoms with van der Waals surface area (Å²) in [6.07, 6.45) is 0. The van der Waals surface area contributed by atoms with E-state index in [1.54, 1.807) is 36.7 Å². The predicted octanol–water partition coefficient (Wildman–Crippen LogP) is 5.37. The molecular weight excluding hydrogens is 404 g/mol. The molecule has 1 amide bonds. The zero-order valence-electron chi connectivity index (χ0n) is 18.1. The van der Waals surface area contributed by atoms with Crippen LogP contribution in [0.15, 0.2) is 75.9 Å². The minimum Gasteiger partial charge on any atom is -0.455 e. The molecule has 0 aliphatic carbocycles. The number of amides is 1. The van der Waals surface area contributed by atoms with Crippen LogP contribution in [0.1, 0.15) is 40.0 Å². The predicted molar refractivity (Wildman–Crippen MR) is 125 cm³/mol. The maximum Gasteiger partial charge on any atom is 0.276 e. The maximum absolute atomic E-state index is 13.2. The molecule has 3 aromatic carbocycles. The molecule has 32 heavy (non-hydrogen) atoms. The third kappa shape index (κ3) is 3.88. The molecule has 0 radical (unpaired) electrons. The molecule has 0 fully saturated rings. The first-order valence-corrected chi connectivity index (χ1v) is 10.3. The van der Waals surface area contributed by atoms with Crippen LogP contribution >= 0.6 is 0 Å². The summed E-state index contributed by atoms with van der Waals surface area (Å²) in [6.45, 7) is 5.65. The third-order valence-electron chi connectivity index (χ3n) is 5.54. The Morgan fingerprint density at radius 3 is 2.41 bits per heavy atom. The molecule has 3 N–H and O–H groups in total. The zero-order valence-corrected chi connectivity index (χ0v) is 18.1. The highest BCUT2D eigenvalue weighted by Crippen LogP contribution is 2.32.